The molecular weight excluding hydrogens is 312 g/mol. The van der Waals surface area contributed by atoms with Gasteiger partial charge in [-0.05, 0) is 25.7 Å². The van der Waals surface area contributed by atoms with E-state index in [9.17, 15) is 14.1 Å². The average molecular weight is 345 g/mol. The average Bonchev–Trinajstić information content (AvgIpc) is 2.56. The van der Waals surface area contributed by atoms with E-state index in [0.29, 0.717) is 12.3 Å². The standard InChI is InChI=1S/C17H32N2O3S/c1-3-23(22)14-9-5-4-8-13(14)19-16(21)18-12-17(2)11-7-6-10-15(17)20/h13-15,20H,3-12H2,1-2H3,(H2,18,19,21). The van der Waals surface area contributed by atoms with Crippen molar-refractivity contribution in [1.29, 1.82) is 0 Å². The Morgan fingerprint density at radius 2 is 1.91 bits per heavy atom. The van der Waals surface area contributed by atoms with Gasteiger partial charge in [-0.3, -0.25) is 4.21 Å². The summed E-state index contributed by atoms with van der Waals surface area (Å²) in [5.41, 5.74) is -0.228. The molecule has 3 N–H and O–H groups in total. The Labute approximate surface area is 142 Å². The first-order chi connectivity index (χ1) is 11.0. The van der Waals surface area contributed by atoms with E-state index >= 15 is 0 Å². The van der Waals surface area contributed by atoms with E-state index in [1.807, 2.05) is 13.8 Å². The van der Waals surface area contributed by atoms with Crippen molar-refractivity contribution in [3.05, 3.63) is 0 Å². The molecule has 0 heterocycles. The van der Waals surface area contributed by atoms with E-state index in [1.165, 1.54) is 0 Å². The third-order valence-electron chi connectivity index (χ3n) is 5.57. The minimum absolute atomic E-state index is 0.00798. The number of carbonyl (C=O) groups is 1. The van der Waals surface area contributed by atoms with Crippen molar-refractivity contribution in [2.24, 2.45) is 5.41 Å². The molecule has 2 amide bonds. The van der Waals surface area contributed by atoms with Gasteiger partial charge >= 0.3 is 6.03 Å². The summed E-state index contributed by atoms with van der Waals surface area (Å²) in [5, 5.41) is 16.2. The number of hydrogen-bond donors (Lipinski definition) is 3. The maximum Gasteiger partial charge on any atom is 0.315 e. The van der Waals surface area contributed by atoms with E-state index in [2.05, 4.69) is 10.6 Å². The normalized spacial score (nSPS) is 36.2. The molecule has 2 rings (SSSR count). The Bertz CT molecular complexity index is 432. The molecular formula is C17H32N2O3S. The molecule has 0 aliphatic heterocycles. The summed E-state index contributed by atoms with van der Waals surface area (Å²) in [7, 11) is -0.865. The topological polar surface area (TPSA) is 78.4 Å². The lowest BCUT2D eigenvalue weighted by molar-refractivity contribution is 0.00303. The quantitative estimate of drug-likeness (QED) is 0.716. The van der Waals surface area contributed by atoms with Crippen LogP contribution < -0.4 is 10.6 Å². The van der Waals surface area contributed by atoms with Crippen molar-refractivity contribution in [2.75, 3.05) is 12.3 Å². The zero-order valence-corrected chi connectivity index (χ0v) is 15.3. The van der Waals surface area contributed by atoms with Crippen molar-refractivity contribution in [1.82, 2.24) is 10.6 Å². The summed E-state index contributed by atoms with van der Waals surface area (Å²) in [6.45, 7) is 4.48. The number of aliphatic hydroxyl groups is 1. The summed E-state index contributed by atoms with van der Waals surface area (Å²) >= 11 is 0. The number of rotatable bonds is 5. The monoisotopic (exact) mass is 344 g/mol. The molecule has 5 nitrogen and oxygen atoms in total. The van der Waals surface area contributed by atoms with E-state index in [4.69, 9.17) is 0 Å². The first-order valence-corrected chi connectivity index (χ1v) is 10.4. The number of hydrogen-bond acceptors (Lipinski definition) is 3. The summed E-state index contributed by atoms with van der Waals surface area (Å²) in [6, 6.07) is -0.178. The molecule has 5 unspecified atom stereocenters. The first kappa shape index (κ1) is 18.7. The summed E-state index contributed by atoms with van der Waals surface area (Å²) in [6.07, 6.45) is 7.61. The Balaban J connectivity index is 1.84. The molecule has 5 atom stereocenters. The Morgan fingerprint density at radius 3 is 2.61 bits per heavy atom. The lowest BCUT2D eigenvalue weighted by atomic mass is 9.73. The Kier molecular flexibility index (Phi) is 6.89. The molecule has 2 fully saturated rings. The molecule has 0 radical (unpaired) electrons. The largest absolute Gasteiger partial charge is 0.392 e. The summed E-state index contributed by atoms with van der Waals surface area (Å²) in [5.74, 6) is 0.648. The van der Waals surface area contributed by atoms with Crippen LogP contribution in [0.25, 0.3) is 0 Å². The van der Waals surface area contributed by atoms with Gasteiger partial charge in [0.25, 0.3) is 0 Å². The molecule has 0 aromatic rings. The molecule has 2 aliphatic carbocycles. The van der Waals surface area contributed by atoms with Crippen LogP contribution >= 0.6 is 0 Å². The van der Waals surface area contributed by atoms with E-state index in [0.717, 1.165) is 51.4 Å². The van der Waals surface area contributed by atoms with Gasteiger partial charge in [0.1, 0.15) is 0 Å². The van der Waals surface area contributed by atoms with Gasteiger partial charge in [0.05, 0.1) is 11.4 Å². The van der Waals surface area contributed by atoms with E-state index in [-0.39, 0.29) is 28.8 Å². The molecule has 6 heteroatoms. The van der Waals surface area contributed by atoms with Crippen LogP contribution in [0.1, 0.15) is 65.2 Å². The number of aliphatic hydroxyl groups excluding tert-OH is 1. The lowest BCUT2D eigenvalue weighted by Crippen LogP contribution is -2.53. The van der Waals surface area contributed by atoms with Crippen molar-refractivity contribution in [2.45, 2.75) is 82.6 Å². The zero-order valence-electron chi connectivity index (χ0n) is 14.5. The minimum Gasteiger partial charge on any atom is -0.392 e. The Morgan fingerprint density at radius 1 is 1.22 bits per heavy atom. The maximum absolute atomic E-state index is 12.3. The number of urea groups is 1. The van der Waals surface area contributed by atoms with Crippen LogP contribution in [0, 0.1) is 5.41 Å². The fourth-order valence-electron chi connectivity index (χ4n) is 3.88. The molecule has 0 aromatic carbocycles. The molecule has 0 aromatic heterocycles. The van der Waals surface area contributed by atoms with Gasteiger partial charge in [-0.1, -0.05) is 39.5 Å². The number of nitrogens with one attached hydrogen (secondary N) is 2. The van der Waals surface area contributed by atoms with Gasteiger partial charge in [0.15, 0.2) is 0 Å². The van der Waals surface area contributed by atoms with Gasteiger partial charge < -0.3 is 15.7 Å². The third-order valence-corrected chi connectivity index (χ3v) is 7.38. The van der Waals surface area contributed by atoms with Crippen LogP contribution in [-0.2, 0) is 10.8 Å². The zero-order chi connectivity index (χ0) is 16.9. The smallest absolute Gasteiger partial charge is 0.315 e. The molecule has 2 saturated carbocycles. The van der Waals surface area contributed by atoms with Crippen molar-refractivity contribution < 1.29 is 14.1 Å². The van der Waals surface area contributed by atoms with Gasteiger partial charge in [-0.2, -0.15) is 0 Å². The number of carbonyl (C=O) groups excluding carboxylic acids is 1. The molecule has 0 spiro atoms. The second-order valence-corrected chi connectivity index (χ2v) is 9.29. The second-order valence-electron chi connectivity index (χ2n) is 7.34. The third kappa shape index (κ3) is 4.92. The van der Waals surface area contributed by atoms with Crippen LogP contribution in [0.5, 0.6) is 0 Å². The molecule has 23 heavy (non-hydrogen) atoms. The minimum atomic E-state index is -0.865. The predicted molar refractivity (Wildman–Crippen MR) is 93.8 cm³/mol. The summed E-state index contributed by atoms with van der Waals surface area (Å²) in [4.78, 5) is 12.3. The van der Waals surface area contributed by atoms with Gasteiger partial charge in [0.2, 0.25) is 0 Å². The summed E-state index contributed by atoms with van der Waals surface area (Å²) < 4.78 is 12.2. The molecule has 134 valence electrons. The fourth-order valence-corrected chi connectivity index (χ4v) is 5.31. The van der Waals surface area contributed by atoms with Crippen molar-refractivity contribution in [3.63, 3.8) is 0 Å². The lowest BCUT2D eigenvalue weighted by Gasteiger charge is -2.39. The first-order valence-electron chi connectivity index (χ1n) is 9.06. The van der Waals surface area contributed by atoms with Crippen LogP contribution in [-0.4, -0.2) is 45.0 Å². The van der Waals surface area contributed by atoms with E-state index < -0.39 is 10.8 Å². The highest BCUT2D eigenvalue weighted by Gasteiger charge is 2.36. The van der Waals surface area contributed by atoms with Crippen LogP contribution in [0.15, 0.2) is 0 Å². The van der Waals surface area contributed by atoms with Crippen molar-refractivity contribution >= 4 is 16.8 Å². The number of amides is 2. The van der Waals surface area contributed by atoms with Gasteiger partial charge in [-0.15, -0.1) is 0 Å². The molecule has 0 bridgehead atoms. The highest BCUT2D eigenvalue weighted by molar-refractivity contribution is 7.85. The molecule has 2 aliphatic rings. The van der Waals surface area contributed by atoms with Gasteiger partial charge in [0, 0.05) is 34.6 Å². The van der Waals surface area contributed by atoms with Crippen molar-refractivity contribution in [3.8, 4) is 0 Å². The predicted octanol–water partition coefficient (Wildman–Crippen LogP) is 2.31. The van der Waals surface area contributed by atoms with Crippen LogP contribution in [0.3, 0.4) is 0 Å². The van der Waals surface area contributed by atoms with Crippen LogP contribution in [0.4, 0.5) is 4.79 Å². The highest BCUT2D eigenvalue weighted by atomic mass is 32.2. The fraction of sp³-hybridized carbons (Fsp3) is 0.941. The van der Waals surface area contributed by atoms with E-state index in [1.54, 1.807) is 0 Å². The molecule has 0 saturated heterocycles. The maximum atomic E-state index is 12.3. The van der Waals surface area contributed by atoms with Gasteiger partial charge in [-0.25, -0.2) is 4.79 Å². The second kappa shape index (κ2) is 8.47. The SMILES string of the molecule is CCS(=O)C1CCCCC1NC(=O)NCC1(C)CCCCC1O. The van der Waals surface area contributed by atoms with Crippen LogP contribution in [0.2, 0.25) is 0 Å². The Hall–Kier alpha value is -0.620. The highest BCUT2D eigenvalue weighted by Crippen LogP contribution is 2.35.